The number of rotatable bonds is 3. The SMILES string of the molecule is C[C@@]1(O)[C@H](O)[C@@H](Cc2[c]cccc2)O[C@H]1n1cnc2c(=O)[nH]c(N)nc21. The zero-order valence-electron chi connectivity index (χ0n) is 14.0. The average molecular weight is 356 g/mol. The molecule has 2 aromatic heterocycles. The van der Waals surface area contributed by atoms with Crippen molar-refractivity contribution in [2.75, 3.05) is 5.73 Å². The lowest BCUT2D eigenvalue weighted by Crippen LogP contribution is -2.44. The Morgan fingerprint density at radius 3 is 3.04 bits per heavy atom. The van der Waals surface area contributed by atoms with Crippen LogP contribution in [0.2, 0.25) is 0 Å². The number of benzene rings is 1. The lowest BCUT2D eigenvalue weighted by atomic mass is 9.93. The van der Waals surface area contributed by atoms with Crippen molar-refractivity contribution in [1.82, 2.24) is 19.5 Å². The van der Waals surface area contributed by atoms with Crippen LogP contribution in [-0.4, -0.2) is 47.5 Å². The Bertz CT molecular complexity index is 997. The van der Waals surface area contributed by atoms with Crippen molar-refractivity contribution < 1.29 is 14.9 Å². The third kappa shape index (κ3) is 2.57. The minimum absolute atomic E-state index is 0.0714. The normalized spacial score (nSPS) is 28.7. The molecular weight excluding hydrogens is 338 g/mol. The number of aliphatic hydroxyl groups excluding tert-OH is 1. The van der Waals surface area contributed by atoms with E-state index in [1.807, 2.05) is 18.2 Å². The van der Waals surface area contributed by atoms with Gasteiger partial charge in [-0.25, -0.2) is 4.98 Å². The number of aliphatic hydroxyl groups is 2. The summed E-state index contributed by atoms with van der Waals surface area (Å²) in [5.74, 6) is -0.0714. The van der Waals surface area contributed by atoms with E-state index in [4.69, 9.17) is 10.5 Å². The van der Waals surface area contributed by atoms with Crippen molar-refractivity contribution in [2.24, 2.45) is 0 Å². The van der Waals surface area contributed by atoms with E-state index in [1.54, 1.807) is 6.07 Å². The van der Waals surface area contributed by atoms with Crippen LogP contribution in [-0.2, 0) is 11.2 Å². The molecule has 0 amide bonds. The van der Waals surface area contributed by atoms with Gasteiger partial charge in [-0.3, -0.25) is 14.3 Å². The summed E-state index contributed by atoms with van der Waals surface area (Å²) in [4.78, 5) is 22.4. The Morgan fingerprint density at radius 2 is 2.31 bits per heavy atom. The highest BCUT2D eigenvalue weighted by molar-refractivity contribution is 5.70. The maximum absolute atomic E-state index is 12.0. The molecule has 0 aliphatic carbocycles. The van der Waals surface area contributed by atoms with Gasteiger partial charge in [0, 0.05) is 6.42 Å². The van der Waals surface area contributed by atoms with Crippen molar-refractivity contribution >= 4 is 17.1 Å². The Labute approximate surface area is 148 Å². The number of nitrogens with zero attached hydrogens (tertiary/aromatic N) is 3. The van der Waals surface area contributed by atoms with E-state index >= 15 is 0 Å². The Kier molecular flexibility index (Phi) is 3.79. The standard InChI is InChI=1S/C17H18N5O4/c1-17(25)12(23)10(7-9-5-3-2-4-6-9)26-15(17)22-8-19-11-13(22)20-16(18)21-14(11)24/h2-5,8,10,12,15,23,25H,7H2,1H3,(H3,18,20,21,24)/t10-,12-,15-,17-/m1/s1. The van der Waals surface area contributed by atoms with Crippen molar-refractivity contribution in [1.29, 1.82) is 0 Å². The average Bonchev–Trinajstić information content (AvgIpc) is 3.10. The summed E-state index contributed by atoms with van der Waals surface area (Å²) in [7, 11) is 0. The van der Waals surface area contributed by atoms with Gasteiger partial charge in [0.2, 0.25) is 5.95 Å². The van der Waals surface area contributed by atoms with Gasteiger partial charge in [0.15, 0.2) is 17.4 Å². The number of H-pyrrole nitrogens is 1. The molecule has 0 saturated carbocycles. The first-order valence-corrected chi connectivity index (χ1v) is 8.11. The molecule has 4 atom stereocenters. The molecule has 9 nitrogen and oxygen atoms in total. The van der Waals surface area contributed by atoms with E-state index in [2.05, 4.69) is 21.0 Å². The van der Waals surface area contributed by atoms with E-state index in [1.165, 1.54) is 17.8 Å². The Morgan fingerprint density at radius 1 is 1.50 bits per heavy atom. The molecule has 1 aliphatic heterocycles. The number of imidazole rings is 1. The third-order valence-corrected chi connectivity index (χ3v) is 4.65. The van der Waals surface area contributed by atoms with Crippen LogP contribution in [0.4, 0.5) is 5.95 Å². The van der Waals surface area contributed by atoms with Gasteiger partial charge < -0.3 is 20.7 Å². The largest absolute Gasteiger partial charge is 0.387 e. The monoisotopic (exact) mass is 356 g/mol. The molecule has 5 N–H and O–H groups in total. The zero-order valence-corrected chi connectivity index (χ0v) is 14.0. The van der Waals surface area contributed by atoms with Gasteiger partial charge in [-0.2, -0.15) is 4.98 Å². The van der Waals surface area contributed by atoms with E-state index in [9.17, 15) is 15.0 Å². The van der Waals surface area contributed by atoms with Crippen LogP contribution >= 0.6 is 0 Å². The first-order chi connectivity index (χ1) is 12.4. The van der Waals surface area contributed by atoms with Crippen LogP contribution in [0.15, 0.2) is 35.4 Å². The number of nitrogens with one attached hydrogen (secondary N) is 1. The second kappa shape index (κ2) is 5.90. The fraction of sp³-hybridized carbons (Fsp3) is 0.353. The molecule has 3 heterocycles. The summed E-state index contributed by atoms with van der Waals surface area (Å²) >= 11 is 0. The molecule has 1 aromatic carbocycles. The number of fused-ring (bicyclic) bond motifs is 1. The fourth-order valence-corrected chi connectivity index (χ4v) is 3.30. The van der Waals surface area contributed by atoms with E-state index in [-0.39, 0.29) is 17.1 Å². The molecular formula is C17H18N5O4. The number of hydrogen-bond acceptors (Lipinski definition) is 7. The predicted octanol–water partition coefficient (Wildman–Crippen LogP) is -0.246. The molecule has 9 heteroatoms. The molecule has 1 radical (unpaired) electrons. The lowest BCUT2D eigenvalue weighted by Gasteiger charge is -2.27. The summed E-state index contributed by atoms with van der Waals surface area (Å²) in [6.45, 7) is 1.47. The Hall–Kier alpha value is -2.75. The number of aromatic nitrogens is 4. The minimum Gasteiger partial charge on any atom is -0.387 e. The third-order valence-electron chi connectivity index (χ3n) is 4.65. The number of hydrogen-bond donors (Lipinski definition) is 4. The van der Waals surface area contributed by atoms with Crippen molar-refractivity contribution in [2.45, 2.75) is 37.4 Å². The fourth-order valence-electron chi connectivity index (χ4n) is 3.30. The van der Waals surface area contributed by atoms with Gasteiger partial charge >= 0.3 is 0 Å². The van der Waals surface area contributed by atoms with Crippen LogP contribution in [0.3, 0.4) is 0 Å². The van der Waals surface area contributed by atoms with Crippen LogP contribution in [0.25, 0.3) is 11.2 Å². The highest BCUT2D eigenvalue weighted by Gasteiger charge is 2.53. The molecule has 1 fully saturated rings. The maximum Gasteiger partial charge on any atom is 0.280 e. The summed E-state index contributed by atoms with van der Waals surface area (Å²) in [5, 5.41) is 21.5. The van der Waals surface area contributed by atoms with Gasteiger partial charge in [-0.05, 0) is 18.6 Å². The summed E-state index contributed by atoms with van der Waals surface area (Å²) in [6, 6.07) is 10.4. The van der Waals surface area contributed by atoms with Crippen LogP contribution in [0, 0.1) is 6.07 Å². The second-order valence-electron chi connectivity index (χ2n) is 6.56. The Balaban J connectivity index is 1.72. The number of nitrogen functional groups attached to an aromatic ring is 1. The number of anilines is 1. The number of nitrogens with two attached hydrogens (primary N) is 1. The number of ether oxygens (including phenoxy) is 1. The maximum atomic E-state index is 12.0. The van der Waals surface area contributed by atoms with Gasteiger partial charge in [0.05, 0.1) is 12.4 Å². The highest BCUT2D eigenvalue weighted by Crippen LogP contribution is 2.40. The second-order valence-corrected chi connectivity index (χ2v) is 6.56. The van der Waals surface area contributed by atoms with E-state index in [0.29, 0.717) is 6.42 Å². The molecule has 0 spiro atoms. The number of aromatic amines is 1. The van der Waals surface area contributed by atoms with Gasteiger partial charge in [-0.15, -0.1) is 0 Å². The summed E-state index contributed by atoms with van der Waals surface area (Å²) in [5.41, 5.74) is 4.61. The van der Waals surface area contributed by atoms with Crippen molar-refractivity contribution in [3.8, 4) is 0 Å². The highest BCUT2D eigenvalue weighted by atomic mass is 16.6. The first-order valence-electron chi connectivity index (χ1n) is 8.11. The van der Waals surface area contributed by atoms with Crippen LogP contribution < -0.4 is 11.3 Å². The summed E-state index contributed by atoms with van der Waals surface area (Å²) < 4.78 is 7.35. The smallest absolute Gasteiger partial charge is 0.280 e. The molecule has 0 bridgehead atoms. The quantitative estimate of drug-likeness (QED) is 0.507. The van der Waals surface area contributed by atoms with Gasteiger partial charge in [0.1, 0.15) is 11.7 Å². The first kappa shape index (κ1) is 16.7. The van der Waals surface area contributed by atoms with Crippen LogP contribution in [0.1, 0.15) is 18.7 Å². The zero-order chi connectivity index (χ0) is 18.5. The molecule has 135 valence electrons. The lowest BCUT2D eigenvalue weighted by molar-refractivity contribution is -0.0939. The van der Waals surface area contributed by atoms with E-state index in [0.717, 1.165) is 5.56 Å². The van der Waals surface area contributed by atoms with E-state index < -0.39 is 29.6 Å². The summed E-state index contributed by atoms with van der Waals surface area (Å²) in [6.07, 6.45) is -1.08. The van der Waals surface area contributed by atoms with Gasteiger partial charge in [0.25, 0.3) is 5.56 Å². The predicted molar refractivity (Wildman–Crippen MR) is 92.1 cm³/mol. The molecule has 1 saturated heterocycles. The molecule has 3 aromatic rings. The molecule has 1 aliphatic rings. The minimum atomic E-state index is -1.62. The topological polar surface area (TPSA) is 139 Å². The van der Waals surface area contributed by atoms with Crippen molar-refractivity contribution in [3.63, 3.8) is 0 Å². The van der Waals surface area contributed by atoms with Gasteiger partial charge in [-0.1, -0.05) is 24.3 Å². The molecule has 0 unspecified atom stereocenters. The molecule has 4 rings (SSSR count). The molecule has 26 heavy (non-hydrogen) atoms. The van der Waals surface area contributed by atoms with Crippen LogP contribution in [0.5, 0.6) is 0 Å². The van der Waals surface area contributed by atoms with Crippen molar-refractivity contribution in [3.05, 3.63) is 52.6 Å².